The second-order valence-electron chi connectivity index (χ2n) is 2.89. The Morgan fingerprint density at radius 2 is 2.31 bits per heavy atom. The van der Waals surface area contributed by atoms with Crippen molar-refractivity contribution in [2.24, 2.45) is 0 Å². The van der Waals surface area contributed by atoms with Crippen molar-refractivity contribution in [3.8, 4) is 0 Å². The number of cyclic esters (lactones) is 1. The van der Waals surface area contributed by atoms with Gasteiger partial charge in [0.2, 0.25) is 0 Å². The molecule has 0 bridgehead atoms. The molecule has 0 unspecified atom stereocenters. The Balaban J connectivity index is 2.76. The number of ether oxygens (including phenoxy) is 1. The number of rotatable bonds is 0. The third-order valence-electron chi connectivity index (χ3n) is 2.16. The van der Waals surface area contributed by atoms with E-state index in [9.17, 15) is 9.18 Å². The molecule has 68 valence electrons. The smallest absolute Gasteiger partial charge is 0.341 e. The first-order valence-corrected chi connectivity index (χ1v) is 4.55. The lowest BCUT2D eigenvalue weighted by atomic mass is 10.0. The van der Waals surface area contributed by atoms with Crippen LogP contribution in [0.3, 0.4) is 0 Å². The van der Waals surface area contributed by atoms with Crippen molar-refractivity contribution in [3.63, 3.8) is 0 Å². The van der Waals surface area contributed by atoms with Gasteiger partial charge in [-0.3, -0.25) is 0 Å². The molecule has 1 aliphatic rings. The molecule has 0 aliphatic carbocycles. The van der Waals surface area contributed by atoms with Crippen LogP contribution in [0.5, 0.6) is 0 Å². The van der Waals surface area contributed by atoms with Crippen LogP contribution in [0.25, 0.3) is 0 Å². The fourth-order valence-corrected chi connectivity index (χ4v) is 1.82. The Morgan fingerprint density at radius 3 is 3.00 bits per heavy atom. The van der Waals surface area contributed by atoms with Crippen molar-refractivity contribution >= 4 is 21.9 Å². The third kappa shape index (κ3) is 1.16. The average molecular weight is 245 g/mol. The predicted octanol–water partition coefficient (Wildman–Crippen LogP) is 2.57. The molecule has 0 saturated heterocycles. The van der Waals surface area contributed by atoms with E-state index in [1.54, 1.807) is 0 Å². The van der Waals surface area contributed by atoms with E-state index in [4.69, 9.17) is 4.74 Å². The molecule has 2 nitrogen and oxygen atoms in total. The average Bonchev–Trinajstić information content (AvgIpc) is 2.44. The highest BCUT2D eigenvalue weighted by Gasteiger charge is 2.27. The number of hydrogen-bond donors (Lipinski definition) is 0. The van der Waals surface area contributed by atoms with E-state index in [0.717, 1.165) is 5.56 Å². The van der Waals surface area contributed by atoms with Crippen LogP contribution in [0, 0.1) is 12.7 Å². The van der Waals surface area contributed by atoms with Gasteiger partial charge in [-0.05, 0) is 18.6 Å². The Hall–Kier alpha value is -0.900. The van der Waals surface area contributed by atoms with Gasteiger partial charge in [0.05, 0.1) is 0 Å². The largest absolute Gasteiger partial charge is 0.457 e. The van der Waals surface area contributed by atoms with Gasteiger partial charge in [-0.25, -0.2) is 9.18 Å². The van der Waals surface area contributed by atoms with E-state index in [-0.39, 0.29) is 12.2 Å². The summed E-state index contributed by atoms with van der Waals surface area (Å²) in [7, 11) is 0. The quantitative estimate of drug-likeness (QED) is 0.656. The Bertz CT molecular complexity index is 401. The molecule has 0 saturated carbocycles. The van der Waals surface area contributed by atoms with E-state index in [2.05, 4.69) is 15.9 Å². The van der Waals surface area contributed by atoms with Crippen LogP contribution in [-0.4, -0.2) is 5.97 Å². The van der Waals surface area contributed by atoms with Gasteiger partial charge in [0.15, 0.2) is 0 Å². The summed E-state index contributed by atoms with van der Waals surface area (Å²) in [5.41, 5.74) is 1.60. The zero-order valence-corrected chi connectivity index (χ0v) is 8.44. The Labute approximate surface area is 82.8 Å². The maximum Gasteiger partial charge on any atom is 0.341 e. The lowest BCUT2D eigenvalue weighted by Crippen LogP contribution is -1.99. The summed E-state index contributed by atoms with van der Waals surface area (Å²) in [5.74, 6) is -1.09. The minimum absolute atomic E-state index is 0.0840. The fourth-order valence-electron chi connectivity index (χ4n) is 1.38. The maximum atomic E-state index is 13.3. The zero-order valence-electron chi connectivity index (χ0n) is 6.86. The maximum absolute atomic E-state index is 13.3. The molecule has 4 heteroatoms. The first kappa shape index (κ1) is 8.69. The van der Waals surface area contributed by atoms with E-state index in [1.165, 1.54) is 6.07 Å². The number of benzene rings is 1. The number of halogens is 2. The van der Waals surface area contributed by atoms with Gasteiger partial charge < -0.3 is 4.74 Å². The number of fused-ring (bicyclic) bond motifs is 1. The van der Waals surface area contributed by atoms with Crippen molar-refractivity contribution < 1.29 is 13.9 Å². The Kier molecular flexibility index (Phi) is 1.87. The van der Waals surface area contributed by atoms with Gasteiger partial charge in [0.25, 0.3) is 0 Å². The monoisotopic (exact) mass is 244 g/mol. The highest BCUT2D eigenvalue weighted by Crippen LogP contribution is 2.30. The highest BCUT2D eigenvalue weighted by atomic mass is 79.9. The summed E-state index contributed by atoms with van der Waals surface area (Å²) in [4.78, 5) is 11.1. The molecule has 0 atom stereocenters. The first-order chi connectivity index (χ1) is 6.11. The third-order valence-corrected chi connectivity index (χ3v) is 2.98. The minimum Gasteiger partial charge on any atom is -0.457 e. The summed E-state index contributed by atoms with van der Waals surface area (Å²) in [6, 6.07) is 1.29. The highest BCUT2D eigenvalue weighted by molar-refractivity contribution is 9.10. The van der Waals surface area contributed by atoms with Crippen molar-refractivity contribution in [3.05, 3.63) is 33.0 Å². The van der Waals surface area contributed by atoms with Crippen molar-refractivity contribution in [2.75, 3.05) is 0 Å². The summed E-state index contributed by atoms with van der Waals surface area (Å²) in [5, 5.41) is 0. The van der Waals surface area contributed by atoms with E-state index < -0.39 is 11.8 Å². The van der Waals surface area contributed by atoms with Crippen LogP contribution in [0.1, 0.15) is 21.5 Å². The number of esters is 1. The molecular weight excluding hydrogens is 239 g/mol. The van der Waals surface area contributed by atoms with Gasteiger partial charge in [-0.15, -0.1) is 0 Å². The van der Waals surface area contributed by atoms with Crippen molar-refractivity contribution in [2.45, 2.75) is 13.5 Å². The lowest BCUT2D eigenvalue weighted by molar-refractivity contribution is 0.0531. The minimum atomic E-state index is -0.567. The molecule has 0 fully saturated rings. The van der Waals surface area contributed by atoms with Crippen LogP contribution in [-0.2, 0) is 11.3 Å². The molecule has 13 heavy (non-hydrogen) atoms. The normalized spacial score (nSPS) is 14.2. The van der Waals surface area contributed by atoms with Crippen molar-refractivity contribution in [1.82, 2.24) is 0 Å². The van der Waals surface area contributed by atoms with Crippen LogP contribution in [0.2, 0.25) is 0 Å². The molecular formula is C9H6BrFO2. The molecule has 1 aromatic carbocycles. The molecule has 1 heterocycles. The van der Waals surface area contributed by atoms with Crippen molar-refractivity contribution in [1.29, 1.82) is 0 Å². The van der Waals surface area contributed by atoms with Crippen LogP contribution in [0.15, 0.2) is 10.5 Å². The van der Waals surface area contributed by atoms with Crippen LogP contribution in [0.4, 0.5) is 4.39 Å². The second kappa shape index (κ2) is 2.80. The van der Waals surface area contributed by atoms with Crippen LogP contribution >= 0.6 is 15.9 Å². The van der Waals surface area contributed by atoms with Gasteiger partial charge >= 0.3 is 5.97 Å². The number of hydrogen-bond acceptors (Lipinski definition) is 2. The lowest BCUT2D eigenvalue weighted by Gasteiger charge is -2.03. The molecule has 0 radical (unpaired) electrons. The molecule has 0 aromatic heterocycles. The summed E-state index contributed by atoms with van der Waals surface area (Å²) in [6.07, 6.45) is 0. The summed E-state index contributed by atoms with van der Waals surface area (Å²) >= 11 is 3.21. The number of carbonyl (C=O) groups is 1. The summed E-state index contributed by atoms with van der Waals surface area (Å²) in [6.45, 7) is 2.00. The fraction of sp³-hybridized carbons (Fsp3) is 0.222. The molecule has 2 rings (SSSR count). The molecule has 0 N–H and O–H groups in total. The zero-order chi connectivity index (χ0) is 9.59. The van der Waals surface area contributed by atoms with E-state index >= 15 is 0 Å². The second-order valence-corrected chi connectivity index (χ2v) is 3.75. The molecule has 0 amide bonds. The van der Waals surface area contributed by atoms with Crippen LogP contribution < -0.4 is 0 Å². The van der Waals surface area contributed by atoms with Gasteiger partial charge in [0, 0.05) is 10.0 Å². The molecule has 1 aromatic rings. The van der Waals surface area contributed by atoms with Gasteiger partial charge in [0.1, 0.15) is 18.0 Å². The number of carbonyl (C=O) groups excluding carboxylic acids is 1. The Morgan fingerprint density at radius 1 is 1.62 bits per heavy atom. The molecule has 0 spiro atoms. The van der Waals surface area contributed by atoms with Gasteiger partial charge in [-0.2, -0.15) is 0 Å². The summed E-state index contributed by atoms with van der Waals surface area (Å²) < 4.78 is 18.7. The van der Waals surface area contributed by atoms with Gasteiger partial charge in [-0.1, -0.05) is 15.9 Å². The topological polar surface area (TPSA) is 26.3 Å². The molecule has 1 aliphatic heterocycles. The predicted molar refractivity (Wildman–Crippen MR) is 48.0 cm³/mol. The SMILES string of the molecule is Cc1c(Br)cc(F)c2c1COC2=O. The van der Waals surface area contributed by atoms with E-state index in [0.29, 0.717) is 10.0 Å². The van der Waals surface area contributed by atoms with E-state index in [1.807, 2.05) is 6.92 Å². The standard InChI is InChI=1S/C9H6BrFO2/c1-4-5-3-13-9(12)8(5)7(11)2-6(4)10/h2H,3H2,1H3. The first-order valence-electron chi connectivity index (χ1n) is 3.76.